The second kappa shape index (κ2) is 2.43. The van der Waals surface area contributed by atoms with Gasteiger partial charge in [-0.2, -0.15) is 0 Å². The van der Waals surface area contributed by atoms with Gasteiger partial charge in [0.2, 0.25) is 0 Å². The van der Waals surface area contributed by atoms with Crippen LogP contribution in [-0.4, -0.2) is 21.9 Å². The van der Waals surface area contributed by atoms with E-state index in [4.69, 9.17) is 4.74 Å². The van der Waals surface area contributed by atoms with Crippen molar-refractivity contribution in [2.75, 3.05) is 0 Å². The Kier molecular flexibility index (Phi) is 1.46. The normalized spacial score (nSPS) is 61.8. The fourth-order valence-corrected chi connectivity index (χ4v) is 5.35. The van der Waals surface area contributed by atoms with Crippen LogP contribution in [0, 0.1) is 5.92 Å². The summed E-state index contributed by atoms with van der Waals surface area (Å²) in [7, 11) is 0. The maximum atomic E-state index is 11.1. The minimum atomic E-state index is -0.422. The van der Waals surface area contributed by atoms with E-state index in [-0.39, 0.29) is 11.2 Å². The lowest BCUT2D eigenvalue weighted by Crippen LogP contribution is -2.87. The van der Waals surface area contributed by atoms with Crippen molar-refractivity contribution in [1.82, 2.24) is 0 Å². The van der Waals surface area contributed by atoms with Crippen LogP contribution in [-0.2, 0) is 4.74 Å². The highest BCUT2D eigenvalue weighted by atomic mass is 16.6. The van der Waals surface area contributed by atoms with Gasteiger partial charge in [-0.15, -0.1) is 0 Å². The molecule has 4 rings (SSSR count). The van der Waals surface area contributed by atoms with Crippen LogP contribution in [0.2, 0.25) is 0 Å². The fraction of sp³-hybridized carbons (Fsp3) is 1.00. The Morgan fingerprint density at radius 2 is 1.40 bits per heavy atom. The maximum absolute atomic E-state index is 11.1. The Morgan fingerprint density at radius 1 is 0.867 bits per heavy atom. The van der Waals surface area contributed by atoms with Crippen LogP contribution in [0.15, 0.2) is 0 Å². The summed E-state index contributed by atoms with van der Waals surface area (Å²) in [5, 5.41) is 11.1. The quantitative estimate of drug-likeness (QED) is 0.662. The van der Waals surface area contributed by atoms with Crippen molar-refractivity contribution in [2.45, 2.75) is 74.6 Å². The van der Waals surface area contributed by atoms with Crippen molar-refractivity contribution in [2.24, 2.45) is 5.92 Å². The Balaban J connectivity index is 1.84. The van der Waals surface area contributed by atoms with Gasteiger partial charge in [-0.3, -0.25) is 0 Å². The van der Waals surface area contributed by atoms with Crippen LogP contribution in [0.1, 0.15) is 57.8 Å². The summed E-state index contributed by atoms with van der Waals surface area (Å²) in [6, 6.07) is 0. The minimum Gasteiger partial charge on any atom is -0.384 e. The zero-order valence-corrected chi connectivity index (χ0v) is 9.30. The monoisotopic (exact) mass is 208 g/mol. The van der Waals surface area contributed by atoms with Crippen LogP contribution in [0.4, 0.5) is 0 Å². The van der Waals surface area contributed by atoms with Gasteiger partial charge >= 0.3 is 0 Å². The highest BCUT2D eigenvalue weighted by molar-refractivity contribution is 5.29. The van der Waals surface area contributed by atoms with Crippen molar-refractivity contribution in [3.8, 4) is 0 Å². The highest BCUT2D eigenvalue weighted by Crippen LogP contribution is 2.70. The zero-order chi connectivity index (χ0) is 10.1. The molecule has 0 amide bonds. The van der Waals surface area contributed by atoms with Gasteiger partial charge in [0, 0.05) is 0 Å². The Labute approximate surface area is 91.0 Å². The molecule has 0 radical (unpaired) electrons. The number of ether oxygens (including phenoxy) is 1. The zero-order valence-electron chi connectivity index (χ0n) is 9.30. The largest absolute Gasteiger partial charge is 0.384 e. The van der Waals surface area contributed by atoms with Gasteiger partial charge in [-0.25, -0.2) is 0 Å². The molecular formula is C13H20O2. The molecule has 0 aromatic rings. The minimum absolute atomic E-state index is 0.103. The molecule has 2 atom stereocenters. The molecule has 2 heteroatoms. The third kappa shape index (κ3) is 0.734. The second-order valence-electron chi connectivity index (χ2n) is 6.19. The van der Waals surface area contributed by atoms with Gasteiger partial charge < -0.3 is 9.84 Å². The van der Waals surface area contributed by atoms with E-state index in [1.54, 1.807) is 0 Å². The summed E-state index contributed by atoms with van der Waals surface area (Å²) in [5.41, 5.74) is -0.627. The molecule has 1 N–H and O–H groups in total. The number of aliphatic hydroxyl groups is 1. The number of rotatable bonds is 0. The van der Waals surface area contributed by atoms with E-state index in [1.807, 2.05) is 0 Å². The molecule has 2 nitrogen and oxygen atoms in total. The van der Waals surface area contributed by atoms with Crippen LogP contribution in [0.5, 0.6) is 0 Å². The van der Waals surface area contributed by atoms with E-state index in [2.05, 4.69) is 0 Å². The van der Waals surface area contributed by atoms with Crippen molar-refractivity contribution in [1.29, 1.82) is 0 Å². The lowest BCUT2D eigenvalue weighted by molar-refractivity contribution is -0.461. The summed E-state index contributed by atoms with van der Waals surface area (Å²) in [4.78, 5) is 0. The Morgan fingerprint density at radius 3 is 2.00 bits per heavy atom. The first-order chi connectivity index (χ1) is 7.23. The summed E-state index contributed by atoms with van der Waals surface area (Å²) in [6.07, 6.45) is 10.7. The predicted octanol–water partition coefficient (Wildman–Crippen LogP) is 2.39. The topological polar surface area (TPSA) is 29.5 Å². The molecule has 4 aliphatic rings. The molecular weight excluding hydrogens is 188 g/mol. The smallest absolute Gasteiger partial charge is 0.125 e. The van der Waals surface area contributed by atoms with Crippen LogP contribution in [0.3, 0.4) is 0 Å². The van der Waals surface area contributed by atoms with Crippen LogP contribution < -0.4 is 0 Å². The molecule has 3 saturated carbocycles. The van der Waals surface area contributed by atoms with Gasteiger partial charge in [0.25, 0.3) is 0 Å². The molecule has 0 aromatic carbocycles. The summed E-state index contributed by atoms with van der Waals surface area (Å²) >= 11 is 0. The second-order valence-corrected chi connectivity index (χ2v) is 6.19. The molecule has 15 heavy (non-hydrogen) atoms. The van der Waals surface area contributed by atoms with Gasteiger partial charge in [0.05, 0.1) is 0 Å². The third-order valence-corrected chi connectivity index (χ3v) is 5.80. The van der Waals surface area contributed by atoms with E-state index >= 15 is 0 Å². The summed E-state index contributed by atoms with van der Waals surface area (Å²) in [6.45, 7) is 0. The average Bonchev–Trinajstić information content (AvgIpc) is 2.24. The third-order valence-electron chi connectivity index (χ3n) is 5.80. The number of hydrogen-bond acceptors (Lipinski definition) is 2. The number of hydrogen-bond donors (Lipinski definition) is 1. The molecule has 0 aromatic heterocycles. The van der Waals surface area contributed by atoms with E-state index in [9.17, 15) is 5.11 Å². The molecule has 1 heterocycles. The van der Waals surface area contributed by atoms with Crippen molar-refractivity contribution in [3.63, 3.8) is 0 Å². The lowest BCUT2D eigenvalue weighted by atomic mass is 9.44. The molecule has 2 bridgehead atoms. The van der Waals surface area contributed by atoms with Gasteiger partial charge in [-0.05, 0) is 50.9 Å². The maximum Gasteiger partial charge on any atom is 0.125 e. The first-order valence-corrected chi connectivity index (χ1v) is 6.65. The van der Waals surface area contributed by atoms with E-state index in [0.29, 0.717) is 5.92 Å². The van der Waals surface area contributed by atoms with Gasteiger partial charge in [0.1, 0.15) is 16.8 Å². The van der Waals surface area contributed by atoms with E-state index in [0.717, 1.165) is 25.7 Å². The predicted molar refractivity (Wildman–Crippen MR) is 56.5 cm³/mol. The fourth-order valence-electron chi connectivity index (χ4n) is 5.35. The standard InChI is InChI=1S/C13H20O2/c14-13-10-4-1-6-11(13)8-3-9-12(13,15-11)7-2-5-10/h10,14H,1-9H2/t10?,11-,12-,13?/m0/s1. The van der Waals surface area contributed by atoms with E-state index < -0.39 is 5.60 Å². The molecule has 1 saturated heterocycles. The van der Waals surface area contributed by atoms with Crippen molar-refractivity contribution >= 4 is 0 Å². The molecule has 3 aliphatic carbocycles. The molecule has 4 fully saturated rings. The van der Waals surface area contributed by atoms with Gasteiger partial charge in [-0.1, -0.05) is 12.8 Å². The Bertz CT molecular complexity index is 278. The molecule has 0 spiro atoms. The lowest BCUT2D eigenvalue weighted by Gasteiger charge is -2.77. The molecule has 0 unspecified atom stereocenters. The molecule has 1 aliphatic heterocycles. The summed E-state index contributed by atoms with van der Waals surface area (Å²) < 4.78 is 6.28. The SMILES string of the molecule is OC12C3CCC[C@]14CCC[C@]2(CCC3)O4. The summed E-state index contributed by atoms with van der Waals surface area (Å²) in [5.74, 6) is 0.550. The van der Waals surface area contributed by atoms with Crippen LogP contribution >= 0.6 is 0 Å². The van der Waals surface area contributed by atoms with E-state index in [1.165, 1.54) is 32.1 Å². The Hall–Kier alpha value is -0.0800. The first kappa shape index (κ1) is 9.00. The first-order valence-electron chi connectivity index (χ1n) is 6.65. The van der Waals surface area contributed by atoms with Crippen molar-refractivity contribution < 1.29 is 9.84 Å². The average molecular weight is 208 g/mol. The van der Waals surface area contributed by atoms with Crippen LogP contribution in [0.25, 0.3) is 0 Å². The molecule has 84 valence electrons. The highest BCUT2D eigenvalue weighted by Gasteiger charge is 2.79. The van der Waals surface area contributed by atoms with Crippen molar-refractivity contribution in [3.05, 3.63) is 0 Å². The van der Waals surface area contributed by atoms with Gasteiger partial charge in [0.15, 0.2) is 0 Å².